The summed E-state index contributed by atoms with van der Waals surface area (Å²) in [7, 11) is -2.44. The molecule has 2 aliphatic carbocycles. The predicted molar refractivity (Wildman–Crippen MR) is 112 cm³/mol. The average Bonchev–Trinajstić information content (AvgIpc) is 3.16. The molecule has 0 aromatic rings. The lowest BCUT2D eigenvalue weighted by Gasteiger charge is -2.52. The zero-order valence-corrected chi connectivity index (χ0v) is 19.2. The maximum absolute atomic E-state index is 13.8. The van der Waals surface area contributed by atoms with Crippen LogP contribution in [0, 0.1) is 5.41 Å². The van der Waals surface area contributed by atoms with Gasteiger partial charge in [0.2, 0.25) is 0 Å². The third-order valence-corrected chi connectivity index (χ3v) is 11.3. The first-order chi connectivity index (χ1) is 15.1. The number of hydrogen-bond donors (Lipinski definition) is 1. The van der Waals surface area contributed by atoms with Crippen LogP contribution in [-0.4, -0.2) is 102 Å². The summed E-state index contributed by atoms with van der Waals surface area (Å²) in [5.41, 5.74) is 0.347. The van der Waals surface area contributed by atoms with E-state index in [1.165, 1.54) is 7.11 Å². The molecule has 3 aliphatic heterocycles. The number of carbonyl (C=O) groups excluding carboxylic acids is 2. The Morgan fingerprint density at radius 2 is 1.78 bits per heavy atom. The molecule has 0 radical (unpaired) electrons. The van der Waals surface area contributed by atoms with Crippen molar-refractivity contribution in [3.05, 3.63) is 11.3 Å². The maximum Gasteiger partial charge on any atom is 0.317 e. The summed E-state index contributed by atoms with van der Waals surface area (Å²) >= 11 is 0. The zero-order valence-electron chi connectivity index (χ0n) is 18.4. The number of sulfone groups is 1. The molecule has 3 atom stereocenters. The van der Waals surface area contributed by atoms with Gasteiger partial charge in [-0.3, -0.25) is 24.2 Å². The molecule has 2 saturated carbocycles. The first-order valence-electron chi connectivity index (χ1n) is 11.2. The molecule has 0 bridgehead atoms. The summed E-state index contributed by atoms with van der Waals surface area (Å²) in [5.74, 6) is -1.76. The van der Waals surface area contributed by atoms with E-state index in [2.05, 4.69) is 0 Å². The summed E-state index contributed by atoms with van der Waals surface area (Å²) in [5, 5.41) is 7.84. The number of rotatable bonds is 4. The monoisotopic (exact) mass is 467 g/mol. The topological polar surface area (TPSA) is 125 Å². The van der Waals surface area contributed by atoms with Gasteiger partial charge in [0.05, 0.1) is 6.54 Å². The molecule has 0 aromatic heterocycles. The Morgan fingerprint density at radius 3 is 2.34 bits per heavy atom. The molecule has 1 unspecified atom stereocenters. The van der Waals surface area contributed by atoms with Crippen LogP contribution in [0.25, 0.3) is 0 Å². The third kappa shape index (κ3) is 2.58. The molecule has 4 fully saturated rings. The normalized spacial score (nSPS) is 35.2. The lowest BCUT2D eigenvalue weighted by molar-refractivity contribution is -0.162. The van der Waals surface area contributed by atoms with Crippen LogP contribution in [0.15, 0.2) is 11.3 Å². The number of carboxylic acids is 1. The molecule has 32 heavy (non-hydrogen) atoms. The summed E-state index contributed by atoms with van der Waals surface area (Å²) in [6, 6.07) is 0. The molecular formula is C21H29N3O7S. The highest BCUT2D eigenvalue weighted by atomic mass is 32.2. The summed E-state index contributed by atoms with van der Waals surface area (Å²) < 4.78 is 31.8. The predicted octanol–water partition coefficient (Wildman–Crippen LogP) is -0.196. The molecule has 5 rings (SSSR count). The van der Waals surface area contributed by atoms with E-state index in [1.54, 1.807) is 16.7 Å². The highest BCUT2D eigenvalue weighted by Crippen LogP contribution is 2.75. The minimum absolute atomic E-state index is 0.0875. The fourth-order valence-corrected chi connectivity index (χ4v) is 9.96. The largest absolute Gasteiger partial charge is 0.480 e. The van der Waals surface area contributed by atoms with E-state index < -0.39 is 37.9 Å². The first-order valence-corrected chi connectivity index (χ1v) is 12.7. The first kappa shape index (κ1) is 21.8. The zero-order chi connectivity index (χ0) is 23.1. The molecule has 1 N–H and O–H groups in total. The van der Waals surface area contributed by atoms with Gasteiger partial charge in [-0.2, -0.15) is 0 Å². The van der Waals surface area contributed by atoms with Gasteiger partial charge < -0.3 is 14.7 Å². The summed E-state index contributed by atoms with van der Waals surface area (Å²) in [6.07, 6.45) is 3.00. The highest BCUT2D eigenvalue weighted by Gasteiger charge is 2.81. The standard InChI is InChI=1S/C21H29N3O7S/c1-13-15(17(27)23-9-7-22(8-10-23)11-14(25)26)24-18(28)16(31-2)19(24)32(29,30)21(13)12-20(21)5-3-4-6-20/h16,19H,3-12H2,1-2H3,(H,25,26)/t16-,19+,21?/m0/s1. The van der Waals surface area contributed by atoms with E-state index in [0.717, 1.165) is 30.6 Å². The highest BCUT2D eigenvalue weighted by molar-refractivity contribution is 7.94. The minimum atomic E-state index is -3.77. The number of piperazine rings is 1. The van der Waals surface area contributed by atoms with E-state index in [-0.39, 0.29) is 23.6 Å². The van der Waals surface area contributed by atoms with Crippen molar-refractivity contribution >= 4 is 27.6 Å². The number of carbonyl (C=O) groups is 3. The van der Waals surface area contributed by atoms with Crippen LogP contribution in [0.2, 0.25) is 0 Å². The van der Waals surface area contributed by atoms with Gasteiger partial charge in [0.15, 0.2) is 21.3 Å². The van der Waals surface area contributed by atoms with Gasteiger partial charge in [-0.05, 0) is 37.2 Å². The fourth-order valence-electron chi connectivity index (χ4n) is 6.70. The lowest BCUT2D eigenvalue weighted by Crippen LogP contribution is -2.73. The van der Waals surface area contributed by atoms with Crippen molar-refractivity contribution in [1.29, 1.82) is 0 Å². The molecule has 2 amide bonds. The molecule has 5 aliphatic rings. The van der Waals surface area contributed by atoms with Crippen LogP contribution in [0.5, 0.6) is 0 Å². The average molecular weight is 468 g/mol. The molecule has 0 aromatic carbocycles. The summed E-state index contributed by atoms with van der Waals surface area (Å²) in [6.45, 7) is 3.10. The quantitative estimate of drug-likeness (QED) is 0.564. The van der Waals surface area contributed by atoms with Gasteiger partial charge in [0.25, 0.3) is 11.8 Å². The van der Waals surface area contributed by atoms with Crippen molar-refractivity contribution in [3.8, 4) is 0 Å². The van der Waals surface area contributed by atoms with Crippen molar-refractivity contribution in [1.82, 2.24) is 14.7 Å². The molecule has 176 valence electrons. The van der Waals surface area contributed by atoms with Crippen molar-refractivity contribution in [2.45, 2.75) is 55.3 Å². The van der Waals surface area contributed by atoms with Crippen molar-refractivity contribution in [2.24, 2.45) is 5.41 Å². The van der Waals surface area contributed by atoms with Crippen molar-refractivity contribution < 1.29 is 32.6 Å². The van der Waals surface area contributed by atoms with E-state index in [0.29, 0.717) is 38.2 Å². The van der Waals surface area contributed by atoms with Crippen LogP contribution < -0.4 is 0 Å². The number of fused-ring (bicyclic) bond motifs is 2. The number of aliphatic carboxylic acids is 1. The fraction of sp³-hybridized carbons (Fsp3) is 0.762. The van der Waals surface area contributed by atoms with Crippen molar-refractivity contribution in [2.75, 3.05) is 39.8 Å². The van der Waals surface area contributed by atoms with Crippen LogP contribution >= 0.6 is 0 Å². The molecule has 2 saturated heterocycles. The van der Waals surface area contributed by atoms with Gasteiger partial charge in [0.1, 0.15) is 10.4 Å². The lowest BCUT2D eigenvalue weighted by atomic mass is 9.93. The van der Waals surface area contributed by atoms with Crippen LogP contribution in [0.4, 0.5) is 0 Å². The number of amides is 2. The Balaban J connectivity index is 1.52. The number of nitrogens with zero attached hydrogens (tertiary/aromatic N) is 3. The van der Waals surface area contributed by atoms with Gasteiger partial charge in [-0.15, -0.1) is 0 Å². The van der Waals surface area contributed by atoms with Gasteiger partial charge >= 0.3 is 5.97 Å². The number of carboxylic acid groups (broad SMARTS) is 1. The van der Waals surface area contributed by atoms with Crippen LogP contribution in [-0.2, 0) is 29.0 Å². The van der Waals surface area contributed by atoms with E-state index in [4.69, 9.17) is 9.84 Å². The maximum atomic E-state index is 13.8. The number of ether oxygens (including phenoxy) is 1. The molecule has 10 nitrogen and oxygen atoms in total. The minimum Gasteiger partial charge on any atom is -0.480 e. The Morgan fingerprint density at radius 1 is 1.16 bits per heavy atom. The second-order valence-corrected chi connectivity index (χ2v) is 12.0. The van der Waals surface area contributed by atoms with Gasteiger partial charge in [-0.25, -0.2) is 8.42 Å². The molecule has 2 spiro atoms. The smallest absolute Gasteiger partial charge is 0.317 e. The second-order valence-electron chi connectivity index (χ2n) is 9.73. The van der Waals surface area contributed by atoms with Crippen molar-refractivity contribution in [3.63, 3.8) is 0 Å². The van der Waals surface area contributed by atoms with Gasteiger partial charge in [-0.1, -0.05) is 12.8 Å². The van der Waals surface area contributed by atoms with Crippen LogP contribution in [0.3, 0.4) is 0 Å². The SMILES string of the molecule is CO[C@H]1C(=O)N2C(C(=O)N3CCN(CC(=O)O)CC3)=C(C)C3(CC34CCCC4)S(=O)(=O)[C@H]12. The summed E-state index contributed by atoms with van der Waals surface area (Å²) in [4.78, 5) is 42.0. The van der Waals surface area contributed by atoms with Crippen LogP contribution in [0.1, 0.15) is 39.0 Å². The Bertz CT molecular complexity index is 1020. The number of methoxy groups -OCH3 is 1. The van der Waals surface area contributed by atoms with E-state index in [1.807, 2.05) is 0 Å². The molecule has 11 heteroatoms. The Hall–Kier alpha value is -1.98. The molecule has 3 heterocycles. The van der Waals surface area contributed by atoms with E-state index in [9.17, 15) is 22.8 Å². The van der Waals surface area contributed by atoms with E-state index >= 15 is 0 Å². The molecular weight excluding hydrogens is 438 g/mol. The van der Waals surface area contributed by atoms with Gasteiger partial charge in [0, 0.05) is 33.3 Å². The number of hydrogen-bond acceptors (Lipinski definition) is 7. The Kier molecular flexibility index (Phi) is 4.78. The third-order valence-electron chi connectivity index (χ3n) is 8.35. The number of β-lactam (4-membered cyclic amide) rings is 1. The second kappa shape index (κ2) is 7.01. The Labute approximate surface area is 187 Å².